The summed E-state index contributed by atoms with van der Waals surface area (Å²) in [6.07, 6.45) is 3.13. The van der Waals surface area contributed by atoms with Crippen molar-refractivity contribution < 1.29 is 4.79 Å². The highest BCUT2D eigenvalue weighted by Gasteiger charge is 2.18. The fourth-order valence-electron chi connectivity index (χ4n) is 2.37. The first kappa shape index (κ1) is 14.4. The van der Waals surface area contributed by atoms with Gasteiger partial charge in [0.25, 0.3) is 5.91 Å². The number of carbonyl (C=O) groups excluding carboxylic acids is 1. The van der Waals surface area contributed by atoms with Gasteiger partial charge in [0.05, 0.1) is 0 Å². The first-order valence-electron chi connectivity index (χ1n) is 6.72. The fraction of sp³-hybridized carbons (Fsp3) is 0.533. The predicted octanol–water partition coefficient (Wildman–Crippen LogP) is 2.16. The van der Waals surface area contributed by atoms with Gasteiger partial charge >= 0.3 is 0 Å². The number of thioether (sulfide) groups is 1. The van der Waals surface area contributed by atoms with E-state index in [4.69, 9.17) is 0 Å². The lowest BCUT2D eigenvalue weighted by molar-refractivity contribution is 0.0757. The van der Waals surface area contributed by atoms with E-state index in [1.165, 1.54) is 11.1 Å². The van der Waals surface area contributed by atoms with Crippen LogP contribution in [0.25, 0.3) is 0 Å². The SMILES string of the molecule is CSCC(C)N(C)C(=O)c1ccc2c(c1)CNCC2. The van der Waals surface area contributed by atoms with Gasteiger partial charge in [0.1, 0.15) is 0 Å². The number of hydrogen-bond donors (Lipinski definition) is 1. The number of rotatable bonds is 4. The molecule has 0 fully saturated rings. The molecule has 1 N–H and O–H groups in total. The number of nitrogens with one attached hydrogen (secondary N) is 1. The summed E-state index contributed by atoms with van der Waals surface area (Å²) in [6, 6.07) is 6.38. The Morgan fingerprint density at radius 2 is 2.26 bits per heavy atom. The molecule has 1 atom stereocenters. The van der Waals surface area contributed by atoms with Gasteiger partial charge in [-0.1, -0.05) is 6.07 Å². The van der Waals surface area contributed by atoms with E-state index in [0.29, 0.717) is 0 Å². The van der Waals surface area contributed by atoms with Gasteiger partial charge in [0.2, 0.25) is 0 Å². The molecule has 19 heavy (non-hydrogen) atoms. The van der Waals surface area contributed by atoms with Crippen LogP contribution in [0.15, 0.2) is 18.2 Å². The summed E-state index contributed by atoms with van der Waals surface area (Å²) in [5, 5.41) is 3.35. The van der Waals surface area contributed by atoms with Crippen molar-refractivity contribution in [3.05, 3.63) is 34.9 Å². The van der Waals surface area contributed by atoms with Crippen molar-refractivity contribution in [3.63, 3.8) is 0 Å². The molecule has 1 aromatic carbocycles. The molecule has 1 aliphatic rings. The molecule has 104 valence electrons. The zero-order chi connectivity index (χ0) is 13.8. The number of amides is 1. The minimum atomic E-state index is 0.120. The Bertz CT molecular complexity index is 461. The molecule has 3 nitrogen and oxygen atoms in total. The van der Waals surface area contributed by atoms with Crippen LogP contribution >= 0.6 is 11.8 Å². The number of benzene rings is 1. The van der Waals surface area contributed by atoms with Crippen LogP contribution in [0.5, 0.6) is 0 Å². The molecule has 0 radical (unpaired) electrons. The molecule has 4 heteroatoms. The standard InChI is InChI=1S/C15H22N2OS/c1-11(10-19-3)17(2)15(18)13-5-4-12-6-7-16-9-14(12)8-13/h4-5,8,11,16H,6-7,9-10H2,1-3H3. The maximum Gasteiger partial charge on any atom is 0.253 e. The van der Waals surface area contributed by atoms with E-state index in [-0.39, 0.29) is 11.9 Å². The Kier molecular flexibility index (Phi) is 4.88. The molecule has 0 saturated carbocycles. The van der Waals surface area contributed by atoms with Crippen LogP contribution in [0.3, 0.4) is 0 Å². The minimum absolute atomic E-state index is 0.120. The van der Waals surface area contributed by atoms with Crippen LogP contribution in [0, 0.1) is 0 Å². The average molecular weight is 278 g/mol. The second-order valence-corrected chi connectivity index (χ2v) is 6.04. The molecule has 1 amide bonds. The molecule has 1 aliphatic heterocycles. The van der Waals surface area contributed by atoms with E-state index >= 15 is 0 Å². The maximum atomic E-state index is 12.4. The normalized spacial score (nSPS) is 15.7. The first-order chi connectivity index (χ1) is 9.13. The summed E-state index contributed by atoms with van der Waals surface area (Å²) >= 11 is 1.77. The van der Waals surface area contributed by atoms with E-state index in [0.717, 1.165) is 30.8 Å². The molecule has 0 aliphatic carbocycles. The Labute approximate surface area is 119 Å². The first-order valence-corrected chi connectivity index (χ1v) is 8.11. The van der Waals surface area contributed by atoms with Crippen molar-refractivity contribution in [2.45, 2.75) is 25.9 Å². The molecule has 0 aromatic heterocycles. The van der Waals surface area contributed by atoms with Crippen molar-refractivity contribution in [2.75, 3.05) is 25.6 Å². The van der Waals surface area contributed by atoms with Gasteiger partial charge in [-0.2, -0.15) is 11.8 Å². The summed E-state index contributed by atoms with van der Waals surface area (Å²) in [7, 11) is 1.89. The zero-order valence-corrected chi connectivity index (χ0v) is 12.7. The summed E-state index contributed by atoms with van der Waals surface area (Å²) in [5.74, 6) is 1.09. The van der Waals surface area contributed by atoms with Crippen LogP contribution in [0.4, 0.5) is 0 Å². The summed E-state index contributed by atoms with van der Waals surface area (Å²) in [5.41, 5.74) is 3.44. The van der Waals surface area contributed by atoms with Crippen LogP contribution in [-0.2, 0) is 13.0 Å². The number of carbonyl (C=O) groups is 1. The lowest BCUT2D eigenvalue weighted by Crippen LogP contribution is -2.36. The molecule has 0 bridgehead atoms. The van der Waals surface area contributed by atoms with Gasteiger partial charge in [0.15, 0.2) is 0 Å². The third kappa shape index (κ3) is 3.31. The molecular weight excluding hydrogens is 256 g/mol. The van der Waals surface area contributed by atoms with E-state index in [2.05, 4.69) is 24.6 Å². The van der Waals surface area contributed by atoms with Gasteiger partial charge in [-0.25, -0.2) is 0 Å². The van der Waals surface area contributed by atoms with Crippen LogP contribution in [-0.4, -0.2) is 42.4 Å². The predicted molar refractivity (Wildman–Crippen MR) is 81.8 cm³/mol. The lowest BCUT2D eigenvalue weighted by Gasteiger charge is -2.25. The van der Waals surface area contributed by atoms with Crippen molar-refractivity contribution in [2.24, 2.45) is 0 Å². The average Bonchev–Trinajstić information content (AvgIpc) is 2.45. The molecule has 1 unspecified atom stereocenters. The zero-order valence-electron chi connectivity index (χ0n) is 11.9. The van der Waals surface area contributed by atoms with Gasteiger partial charge in [-0.15, -0.1) is 0 Å². The second-order valence-electron chi connectivity index (χ2n) is 5.13. The topological polar surface area (TPSA) is 32.3 Å². The van der Waals surface area contributed by atoms with Crippen LogP contribution in [0.2, 0.25) is 0 Å². The summed E-state index contributed by atoms with van der Waals surface area (Å²) in [4.78, 5) is 14.3. The van der Waals surface area contributed by atoms with Crippen molar-refractivity contribution in [3.8, 4) is 0 Å². The number of hydrogen-bond acceptors (Lipinski definition) is 3. The highest BCUT2D eigenvalue weighted by atomic mass is 32.2. The Balaban J connectivity index is 2.15. The Morgan fingerprint density at radius 1 is 1.47 bits per heavy atom. The van der Waals surface area contributed by atoms with E-state index < -0.39 is 0 Å². The van der Waals surface area contributed by atoms with Crippen LogP contribution < -0.4 is 5.32 Å². The lowest BCUT2D eigenvalue weighted by atomic mass is 9.98. The summed E-state index contributed by atoms with van der Waals surface area (Å²) in [6.45, 7) is 4.00. The second kappa shape index (κ2) is 6.44. The maximum absolute atomic E-state index is 12.4. The van der Waals surface area contributed by atoms with Gasteiger partial charge in [-0.3, -0.25) is 4.79 Å². The van der Waals surface area contributed by atoms with Crippen LogP contribution in [0.1, 0.15) is 28.4 Å². The molecule has 0 saturated heterocycles. The fourth-order valence-corrected chi connectivity index (χ4v) is 3.08. The quantitative estimate of drug-likeness (QED) is 0.916. The number of nitrogens with zero attached hydrogens (tertiary/aromatic N) is 1. The van der Waals surface area contributed by atoms with Crippen molar-refractivity contribution >= 4 is 17.7 Å². The molecule has 2 rings (SSSR count). The van der Waals surface area contributed by atoms with Crippen molar-refractivity contribution in [1.82, 2.24) is 10.2 Å². The highest BCUT2D eigenvalue weighted by molar-refractivity contribution is 7.98. The molecule has 0 spiro atoms. The van der Waals surface area contributed by atoms with Gasteiger partial charge < -0.3 is 10.2 Å². The third-order valence-corrected chi connectivity index (χ3v) is 4.54. The Hall–Kier alpha value is -1.00. The largest absolute Gasteiger partial charge is 0.338 e. The monoisotopic (exact) mass is 278 g/mol. The van der Waals surface area contributed by atoms with E-state index in [9.17, 15) is 4.79 Å². The smallest absolute Gasteiger partial charge is 0.253 e. The molecule has 1 aromatic rings. The summed E-state index contributed by atoms with van der Waals surface area (Å²) < 4.78 is 0. The number of fused-ring (bicyclic) bond motifs is 1. The van der Waals surface area contributed by atoms with Gasteiger partial charge in [-0.05, 0) is 49.4 Å². The van der Waals surface area contributed by atoms with Gasteiger partial charge in [0, 0.05) is 31.0 Å². The van der Waals surface area contributed by atoms with E-state index in [1.54, 1.807) is 11.8 Å². The van der Waals surface area contributed by atoms with E-state index in [1.807, 2.05) is 24.1 Å². The Morgan fingerprint density at radius 3 is 3.00 bits per heavy atom. The molecule has 1 heterocycles. The third-order valence-electron chi connectivity index (χ3n) is 3.73. The van der Waals surface area contributed by atoms with Crippen molar-refractivity contribution in [1.29, 1.82) is 0 Å². The minimum Gasteiger partial charge on any atom is -0.338 e. The molecular formula is C15H22N2OS. The highest BCUT2D eigenvalue weighted by Crippen LogP contribution is 2.18.